The van der Waals surface area contributed by atoms with Gasteiger partial charge in [-0.1, -0.05) is 86.6 Å². The Hall–Kier alpha value is -3.04. The molecule has 0 aliphatic rings. The summed E-state index contributed by atoms with van der Waals surface area (Å²) in [6.45, 7) is 2.24. The number of benzene rings is 2. The van der Waals surface area contributed by atoms with Gasteiger partial charge in [0.15, 0.2) is 0 Å². The van der Waals surface area contributed by atoms with E-state index in [1.54, 1.807) is 12.1 Å². The van der Waals surface area contributed by atoms with E-state index in [0.29, 0.717) is 11.6 Å². The number of unbranched alkanes of at least 4 members (excludes halogenated alkanes) is 5. The molecule has 144 valence electrons. The van der Waals surface area contributed by atoms with Crippen LogP contribution in [-0.4, -0.2) is 4.98 Å². The Kier molecular flexibility index (Phi) is 7.28. The normalized spacial score (nSPS) is 10.6. The molecule has 5 nitrogen and oxygen atoms in total. The Morgan fingerprint density at radius 2 is 1.61 bits per heavy atom. The molecule has 0 unspecified atom stereocenters. The molecule has 0 N–H and O–H groups in total. The molecule has 0 saturated carbocycles. The van der Waals surface area contributed by atoms with Crippen molar-refractivity contribution in [2.24, 2.45) is 5.11 Å². The first-order chi connectivity index (χ1) is 13.8. The molecule has 28 heavy (non-hydrogen) atoms. The molecule has 3 aromatic rings. The van der Waals surface area contributed by atoms with Gasteiger partial charge in [-0.3, -0.25) is 0 Å². The van der Waals surface area contributed by atoms with Crippen LogP contribution in [0, 0.1) is 0 Å². The lowest BCUT2D eigenvalue weighted by atomic mass is 10.1. The van der Waals surface area contributed by atoms with Gasteiger partial charge in [0.2, 0.25) is 5.89 Å². The van der Waals surface area contributed by atoms with Crippen molar-refractivity contribution >= 4 is 5.69 Å². The molecule has 0 radical (unpaired) electrons. The summed E-state index contributed by atoms with van der Waals surface area (Å²) < 4.78 is 6.17. The molecule has 2 aromatic carbocycles. The standard InChI is InChI=1S/C23H26N4O/c1-2-3-4-5-6-10-13-21-22(18-11-8-7-9-12-18)25-23(28-21)19-14-16-20(17-15-19)26-27-24/h7-9,11-12,14-17H,2-6,10,13H2,1H3. The highest BCUT2D eigenvalue weighted by molar-refractivity contribution is 5.66. The van der Waals surface area contributed by atoms with Gasteiger partial charge >= 0.3 is 0 Å². The van der Waals surface area contributed by atoms with Crippen LogP contribution in [0.4, 0.5) is 5.69 Å². The van der Waals surface area contributed by atoms with Crippen molar-refractivity contribution in [1.29, 1.82) is 0 Å². The van der Waals surface area contributed by atoms with Gasteiger partial charge in [0.05, 0.1) is 0 Å². The van der Waals surface area contributed by atoms with E-state index in [0.717, 1.165) is 35.4 Å². The average Bonchev–Trinajstić information content (AvgIpc) is 3.16. The fraction of sp³-hybridized carbons (Fsp3) is 0.348. The van der Waals surface area contributed by atoms with Crippen LogP contribution in [0.15, 0.2) is 64.1 Å². The van der Waals surface area contributed by atoms with Gasteiger partial charge < -0.3 is 4.42 Å². The summed E-state index contributed by atoms with van der Waals surface area (Å²) in [6, 6.07) is 17.5. The minimum atomic E-state index is 0.577. The Bertz CT molecular complexity index is 910. The number of oxazole rings is 1. The predicted octanol–water partition coefficient (Wildman–Crippen LogP) is 7.85. The molecule has 5 heteroatoms. The van der Waals surface area contributed by atoms with Crippen molar-refractivity contribution in [2.45, 2.75) is 51.9 Å². The number of rotatable bonds is 10. The zero-order chi connectivity index (χ0) is 19.6. The molecule has 0 aliphatic heterocycles. The molecular formula is C23H26N4O. The Balaban J connectivity index is 1.80. The molecule has 3 rings (SSSR count). The van der Waals surface area contributed by atoms with Gasteiger partial charge in [-0.25, -0.2) is 4.98 Å². The van der Waals surface area contributed by atoms with Gasteiger partial charge in [0, 0.05) is 28.1 Å². The molecule has 0 aliphatic carbocycles. The summed E-state index contributed by atoms with van der Waals surface area (Å²) >= 11 is 0. The first-order valence-electron chi connectivity index (χ1n) is 10.0. The van der Waals surface area contributed by atoms with E-state index in [2.05, 4.69) is 29.1 Å². The van der Waals surface area contributed by atoms with E-state index < -0.39 is 0 Å². The van der Waals surface area contributed by atoms with E-state index in [1.807, 2.05) is 30.3 Å². The molecule has 0 saturated heterocycles. The van der Waals surface area contributed by atoms with E-state index in [4.69, 9.17) is 14.9 Å². The highest BCUT2D eigenvalue weighted by atomic mass is 16.4. The molecule has 0 amide bonds. The SMILES string of the molecule is CCCCCCCCc1oc(-c2ccc(N=[N+]=[N-])cc2)nc1-c1ccccc1. The van der Waals surface area contributed by atoms with Gasteiger partial charge in [-0.05, 0) is 24.1 Å². The Morgan fingerprint density at radius 3 is 2.32 bits per heavy atom. The van der Waals surface area contributed by atoms with Crippen LogP contribution < -0.4 is 0 Å². The quantitative estimate of drug-likeness (QED) is 0.157. The number of nitrogens with zero attached hydrogens (tertiary/aromatic N) is 4. The summed E-state index contributed by atoms with van der Waals surface area (Å²) in [6.07, 6.45) is 8.37. The fourth-order valence-corrected chi connectivity index (χ4v) is 3.25. The molecule has 0 atom stereocenters. The van der Waals surface area contributed by atoms with Crippen LogP contribution in [0.2, 0.25) is 0 Å². The van der Waals surface area contributed by atoms with Crippen molar-refractivity contribution in [1.82, 2.24) is 4.98 Å². The number of aromatic nitrogens is 1. The third kappa shape index (κ3) is 5.24. The van der Waals surface area contributed by atoms with Crippen molar-refractivity contribution in [3.05, 3.63) is 70.8 Å². The molecule has 1 aromatic heterocycles. The van der Waals surface area contributed by atoms with E-state index in [-0.39, 0.29) is 0 Å². The number of hydrogen-bond acceptors (Lipinski definition) is 3. The maximum absolute atomic E-state index is 8.55. The second-order valence-electron chi connectivity index (χ2n) is 6.91. The Morgan fingerprint density at radius 1 is 0.893 bits per heavy atom. The number of azide groups is 1. The third-order valence-corrected chi connectivity index (χ3v) is 4.78. The van der Waals surface area contributed by atoms with Crippen molar-refractivity contribution in [3.63, 3.8) is 0 Å². The maximum Gasteiger partial charge on any atom is 0.226 e. The zero-order valence-electron chi connectivity index (χ0n) is 16.3. The van der Waals surface area contributed by atoms with Crippen LogP contribution in [0.5, 0.6) is 0 Å². The van der Waals surface area contributed by atoms with Gasteiger partial charge in [-0.2, -0.15) is 0 Å². The summed E-state index contributed by atoms with van der Waals surface area (Å²) in [5.41, 5.74) is 12.0. The lowest BCUT2D eigenvalue weighted by Crippen LogP contribution is -1.88. The van der Waals surface area contributed by atoms with E-state index in [9.17, 15) is 0 Å². The minimum absolute atomic E-state index is 0.577. The third-order valence-electron chi connectivity index (χ3n) is 4.78. The predicted molar refractivity (Wildman–Crippen MR) is 113 cm³/mol. The summed E-state index contributed by atoms with van der Waals surface area (Å²) in [5, 5.41) is 3.61. The smallest absolute Gasteiger partial charge is 0.226 e. The largest absolute Gasteiger partial charge is 0.441 e. The van der Waals surface area contributed by atoms with Crippen molar-refractivity contribution < 1.29 is 4.42 Å². The lowest BCUT2D eigenvalue weighted by molar-refractivity contribution is 0.500. The first kappa shape index (κ1) is 19.7. The summed E-state index contributed by atoms with van der Waals surface area (Å²) in [4.78, 5) is 7.60. The second-order valence-corrected chi connectivity index (χ2v) is 6.91. The summed E-state index contributed by atoms with van der Waals surface area (Å²) in [7, 11) is 0. The number of aryl methyl sites for hydroxylation is 1. The summed E-state index contributed by atoms with van der Waals surface area (Å²) in [5.74, 6) is 1.54. The lowest BCUT2D eigenvalue weighted by Gasteiger charge is -2.02. The van der Waals surface area contributed by atoms with Gasteiger partial charge in [0.1, 0.15) is 11.5 Å². The maximum atomic E-state index is 8.55. The topological polar surface area (TPSA) is 74.8 Å². The average molecular weight is 374 g/mol. The van der Waals surface area contributed by atoms with Crippen molar-refractivity contribution in [3.8, 4) is 22.7 Å². The number of hydrogen-bond donors (Lipinski definition) is 0. The fourth-order valence-electron chi connectivity index (χ4n) is 3.25. The zero-order valence-corrected chi connectivity index (χ0v) is 16.3. The van der Waals surface area contributed by atoms with Crippen LogP contribution in [0.25, 0.3) is 33.2 Å². The van der Waals surface area contributed by atoms with Gasteiger partial charge in [0.25, 0.3) is 0 Å². The van der Waals surface area contributed by atoms with Crippen LogP contribution >= 0.6 is 0 Å². The van der Waals surface area contributed by atoms with E-state index in [1.165, 1.54) is 32.1 Å². The molecule has 0 fully saturated rings. The van der Waals surface area contributed by atoms with Crippen LogP contribution in [-0.2, 0) is 6.42 Å². The van der Waals surface area contributed by atoms with Gasteiger partial charge in [-0.15, -0.1) is 0 Å². The monoisotopic (exact) mass is 374 g/mol. The highest BCUT2D eigenvalue weighted by Crippen LogP contribution is 2.31. The molecular weight excluding hydrogens is 348 g/mol. The Labute approximate surface area is 166 Å². The molecule has 1 heterocycles. The van der Waals surface area contributed by atoms with Crippen LogP contribution in [0.1, 0.15) is 51.2 Å². The second kappa shape index (κ2) is 10.3. The van der Waals surface area contributed by atoms with Crippen molar-refractivity contribution in [2.75, 3.05) is 0 Å². The first-order valence-corrected chi connectivity index (χ1v) is 10.0. The minimum Gasteiger partial charge on any atom is -0.441 e. The highest BCUT2D eigenvalue weighted by Gasteiger charge is 2.16. The molecule has 0 spiro atoms. The van der Waals surface area contributed by atoms with E-state index >= 15 is 0 Å². The molecule has 0 bridgehead atoms. The van der Waals surface area contributed by atoms with Crippen LogP contribution in [0.3, 0.4) is 0 Å².